The van der Waals surface area contributed by atoms with Crippen LogP contribution in [0.25, 0.3) is 11.4 Å². The second-order valence-electron chi connectivity index (χ2n) is 9.04. The van der Waals surface area contributed by atoms with E-state index in [1.165, 1.54) is 23.4 Å². The molecular formula is C27H30FN5O2. The highest BCUT2D eigenvalue weighted by Gasteiger charge is 2.26. The lowest BCUT2D eigenvalue weighted by atomic mass is 10.1. The first-order valence-electron chi connectivity index (χ1n) is 12.2. The molecule has 7 nitrogen and oxygen atoms in total. The van der Waals surface area contributed by atoms with Crippen LogP contribution in [0.1, 0.15) is 28.8 Å². The number of nitrogens with zero attached hydrogens (tertiary/aromatic N) is 4. The first-order chi connectivity index (χ1) is 17.1. The zero-order valence-electron chi connectivity index (χ0n) is 19.9. The molecule has 2 aliphatic heterocycles. The summed E-state index contributed by atoms with van der Waals surface area (Å²) in [6.45, 7) is 6.42. The number of para-hydroxylation sites is 1. The van der Waals surface area contributed by atoms with Crippen LogP contribution in [0.15, 0.2) is 54.7 Å². The average molecular weight is 476 g/mol. The van der Waals surface area contributed by atoms with Crippen LogP contribution < -0.4 is 15.1 Å². The maximum absolute atomic E-state index is 13.4. The van der Waals surface area contributed by atoms with E-state index in [0.29, 0.717) is 29.3 Å². The van der Waals surface area contributed by atoms with Crippen LogP contribution in [0.5, 0.6) is 0 Å². The lowest BCUT2D eigenvalue weighted by Gasteiger charge is -2.38. The normalized spacial score (nSPS) is 18.1. The molecule has 1 unspecified atom stereocenters. The summed E-state index contributed by atoms with van der Waals surface area (Å²) in [5.74, 6) is 0.555. The number of amides is 1. The number of carbonyl (C=O) groups excluding carboxylic acids is 1. The summed E-state index contributed by atoms with van der Waals surface area (Å²) in [5.41, 5.74) is 3.63. The van der Waals surface area contributed by atoms with Gasteiger partial charge in [-0.3, -0.25) is 4.79 Å². The molecule has 5 rings (SSSR count). The Morgan fingerprint density at radius 1 is 1.09 bits per heavy atom. The standard InChI is InChI=1S/C27H30FN5O2/c1-19-5-2-3-7-24(19)32-12-14-33(15-13-32)26-23(27(34)30-17-22-6-4-16-35-22)18-29-25(31-26)20-8-10-21(28)11-9-20/h2-3,5,7-11,18,22H,4,6,12-17H2,1H3,(H,30,34). The lowest BCUT2D eigenvalue weighted by Crippen LogP contribution is -2.47. The van der Waals surface area contributed by atoms with Gasteiger partial charge in [0, 0.05) is 56.8 Å². The van der Waals surface area contributed by atoms with Crippen molar-refractivity contribution in [2.24, 2.45) is 0 Å². The summed E-state index contributed by atoms with van der Waals surface area (Å²) in [6.07, 6.45) is 3.61. The molecule has 0 aliphatic carbocycles. The molecule has 1 amide bonds. The molecule has 0 spiro atoms. The van der Waals surface area contributed by atoms with Crippen molar-refractivity contribution in [1.29, 1.82) is 0 Å². The van der Waals surface area contributed by atoms with Crippen molar-refractivity contribution in [3.05, 3.63) is 71.7 Å². The van der Waals surface area contributed by atoms with Gasteiger partial charge in [-0.05, 0) is 55.7 Å². The molecule has 0 bridgehead atoms. The number of aromatic nitrogens is 2. The third-order valence-electron chi connectivity index (χ3n) is 6.67. The van der Waals surface area contributed by atoms with E-state index in [1.54, 1.807) is 18.3 Å². The van der Waals surface area contributed by atoms with Crippen molar-refractivity contribution in [2.75, 3.05) is 49.1 Å². The molecular weight excluding hydrogens is 445 g/mol. The van der Waals surface area contributed by atoms with Crippen molar-refractivity contribution in [1.82, 2.24) is 15.3 Å². The van der Waals surface area contributed by atoms with Gasteiger partial charge >= 0.3 is 0 Å². The van der Waals surface area contributed by atoms with Crippen LogP contribution in [0.3, 0.4) is 0 Å². The molecule has 3 aromatic rings. The molecule has 0 radical (unpaired) electrons. The number of carbonyl (C=O) groups is 1. The number of hydrogen-bond acceptors (Lipinski definition) is 6. The molecule has 1 atom stereocenters. The Morgan fingerprint density at radius 3 is 2.54 bits per heavy atom. The van der Waals surface area contributed by atoms with Crippen molar-refractivity contribution in [3.63, 3.8) is 0 Å². The second kappa shape index (κ2) is 10.4. The van der Waals surface area contributed by atoms with Gasteiger partial charge in [-0.2, -0.15) is 0 Å². The fourth-order valence-electron chi connectivity index (χ4n) is 4.70. The number of piperazine rings is 1. The van der Waals surface area contributed by atoms with E-state index in [4.69, 9.17) is 9.72 Å². The van der Waals surface area contributed by atoms with Gasteiger partial charge in [0.15, 0.2) is 5.82 Å². The van der Waals surface area contributed by atoms with Crippen molar-refractivity contribution in [2.45, 2.75) is 25.9 Å². The Labute approximate surface area is 204 Å². The minimum absolute atomic E-state index is 0.0551. The average Bonchev–Trinajstić information content (AvgIpc) is 3.42. The number of benzene rings is 2. The second-order valence-corrected chi connectivity index (χ2v) is 9.04. The number of rotatable bonds is 6. The number of ether oxygens (including phenoxy) is 1. The van der Waals surface area contributed by atoms with Crippen LogP contribution in [-0.4, -0.2) is 61.3 Å². The maximum Gasteiger partial charge on any atom is 0.256 e. The molecule has 1 aromatic heterocycles. The fourth-order valence-corrected chi connectivity index (χ4v) is 4.70. The van der Waals surface area contributed by atoms with E-state index >= 15 is 0 Å². The van der Waals surface area contributed by atoms with Gasteiger partial charge < -0.3 is 19.9 Å². The summed E-state index contributed by atoms with van der Waals surface area (Å²) in [6, 6.07) is 14.5. The van der Waals surface area contributed by atoms with Gasteiger partial charge in [-0.1, -0.05) is 18.2 Å². The molecule has 3 heterocycles. The predicted octanol–water partition coefficient (Wildman–Crippen LogP) is 3.83. The third kappa shape index (κ3) is 5.27. The number of halogens is 1. The third-order valence-corrected chi connectivity index (χ3v) is 6.67. The topological polar surface area (TPSA) is 70.6 Å². The minimum atomic E-state index is -0.313. The Morgan fingerprint density at radius 2 is 1.83 bits per heavy atom. The Balaban J connectivity index is 1.39. The largest absolute Gasteiger partial charge is 0.376 e. The molecule has 8 heteroatoms. The lowest BCUT2D eigenvalue weighted by molar-refractivity contribution is 0.0857. The van der Waals surface area contributed by atoms with Crippen LogP contribution in [0, 0.1) is 12.7 Å². The minimum Gasteiger partial charge on any atom is -0.376 e. The van der Waals surface area contributed by atoms with Crippen molar-refractivity contribution in [3.8, 4) is 11.4 Å². The number of nitrogens with one attached hydrogen (secondary N) is 1. The molecule has 182 valence electrons. The summed E-state index contributed by atoms with van der Waals surface area (Å²) in [5, 5.41) is 3.00. The van der Waals surface area contributed by atoms with Gasteiger partial charge in [-0.25, -0.2) is 14.4 Å². The molecule has 2 aliphatic rings. The van der Waals surface area contributed by atoms with Crippen LogP contribution in [-0.2, 0) is 4.74 Å². The summed E-state index contributed by atoms with van der Waals surface area (Å²) < 4.78 is 19.1. The first kappa shape index (κ1) is 23.2. The Kier molecular flexibility index (Phi) is 6.90. The van der Waals surface area contributed by atoms with E-state index in [0.717, 1.165) is 45.6 Å². The van der Waals surface area contributed by atoms with E-state index < -0.39 is 0 Å². The maximum atomic E-state index is 13.4. The number of aryl methyl sites for hydroxylation is 1. The number of anilines is 2. The van der Waals surface area contributed by atoms with Crippen LogP contribution in [0.4, 0.5) is 15.9 Å². The van der Waals surface area contributed by atoms with Gasteiger partial charge in [0.1, 0.15) is 17.2 Å². The molecule has 35 heavy (non-hydrogen) atoms. The van der Waals surface area contributed by atoms with Gasteiger partial charge in [0.25, 0.3) is 5.91 Å². The van der Waals surface area contributed by atoms with E-state index in [9.17, 15) is 9.18 Å². The van der Waals surface area contributed by atoms with Gasteiger partial charge in [0.2, 0.25) is 0 Å². The highest BCUT2D eigenvalue weighted by atomic mass is 19.1. The zero-order chi connectivity index (χ0) is 24.2. The summed E-state index contributed by atoms with van der Waals surface area (Å²) >= 11 is 0. The van der Waals surface area contributed by atoms with Gasteiger partial charge in [-0.15, -0.1) is 0 Å². The Hall–Kier alpha value is -3.52. The van der Waals surface area contributed by atoms with E-state index in [-0.39, 0.29) is 17.8 Å². The monoisotopic (exact) mass is 475 g/mol. The van der Waals surface area contributed by atoms with Crippen LogP contribution >= 0.6 is 0 Å². The highest BCUT2D eigenvalue weighted by molar-refractivity contribution is 5.99. The zero-order valence-corrected chi connectivity index (χ0v) is 19.9. The SMILES string of the molecule is Cc1ccccc1N1CCN(c2nc(-c3ccc(F)cc3)ncc2C(=O)NCC2CCCO2)CC1. The molecule has 2 saturated heterocycles. The summed E-state index contributed by atoms with van der Waals surface area (Å²) in [7, 11) is 0. The van der Waals surface area contributed by atoms with Crippen molar-refractivity contribution < 1.29 is 13.9 Å². The Bertz CT molecular complexity index is 1170. The molecule has 2 aromatic carbocycles. The van der Waals surface area contributed by atoms with Gasteiger partial charge in [0.05, 0.1) is 6.10 Å². The smallest absolute Gasteiger partial charge is 0.256 e. The van der Waals surface area contributed by atoms with Crippen LogP contribution in [0.2, 0.25) is 0 Å². The molecule has 1 N–H and O–H groups in total. The number of hydrogen-bond donors (Lipinski definition) is 1. The molecule has 2 fully saturated rings. The molecule has 0 saturated carbocycles. The predicted molar refractivity (Wildman–Crippen MR) is 134 cm³/mol. The van der Waals surface area contributed by atoms with E-state index in [1.807, 2.05) is 0 Å². The highest BCUT2D eigenvalue weighted by Crippen LogP contribution is 2.26. The fraction of sp³-hybridized carbons (Fsp3) is 0.370. The van der Waals surface area contributed by atoms with E-state index in [2.05, 4.69) is 51.3 Å². The quantitative estimate of drug-likeness (QED) is 0.585. The van der Waals surface area contributed by atoms with Crippen molar-refractivity contribution >= 4 is 17.4 Å². The summed E-state index contributed by atoms with van der Waals surface area (Å²) in [4.78, 5) is 26.9. The first-order valence-corrected chi connectivity index (χ1v) is 12.2.